The lowest BCUT2D eigenvalue weighted by Gasteiger charge is -2.38. The quantitative estimate of drug-likeness (QED) is 0.529. The van der Waals surface area contributed by atoms with Crippen LogP contribution in [0.3, 0.4) is 0 Å². The standard InChI is InChI=1S/C11H24O3Si/c1-7(2)11(14-15,8(3)4)10(12)13-9(5)6/h7-9H,1-6,15H3. The van der Waals surface area contributed by atoms with E-state index < -0.39 is 5.60 Å². The number of rotatable bonds is 5. The summed E-state index contributed by atoms with van der Waals surface area (Å²) in [4.78, 5) is 12.1. The predicted octanol–water partition coefficient (Wildman–Crippen LogP) is 1.29. The largest absolute Gasteiger partial charge is 0.461 e. The van der Waals surface area contributed by atoms with Crippen molar-refractivity contribution in [2.24, 2.45) is 11.8 Å². The fourth-order valence-electron chi connectivity index (χ4n) is 2.00. The van der Waals surface area contributed by atoms with Crippen molar-refractivity contribution in [3.8, 4) is 0 Å². The highest BCUT2D eigenvalue weighted by atomic mass is 28.2. The van der Waals surface area contributed by atoms with Crippen LogP contribution in [0.4, 0.5) is 0 Å². The molecular weight excluding hydrogens is 208 g/mol. The molecule has 0 unspecified atom stereocenters. The van der Waals surface area contributed by atoms with Crippen LogP contribution in [0.15, 0.2) is 0 Å². The second kappa shape index (κ2) is 5.65. The number of carbonyl (C=O) groups excluding carboxylic acids is 1. The van der Waals surface area contributed by atoms with E-state index in [1.54, 1.807) is 0 Å². The van der Waals surface area contributed by atoms with Crippen molar-refractivity contribution in [2.45, 2.75) is 53.2 Å². The van der Waals surface area contributed by atoms with Gasteiger partial charge in [0.25, 0.3) is 0 Å². The molecule has 90 valence electrons. The molecule has 0 saturated heterocycles. The van der Waals surface area contributed by atoms with Crippen LogP contribution in [0.25, 0.3) is 0 Å². The monoisotopic (exact) mass is 232 g/mol. The van der Waals surface area contributed by atoms with Gasteiger partial charge in [-0.1, -0.05) is 27.7 Å². The molecule has 4 heteroatoms. The van der Waals surface area contributed by atoms with Gasteiger partial charge in [-0.05, 0) is 25.7 Å². The molecule has 0 aromatic rings. The number of ether oxygens (including phenoxy) is 1. The molecule has 0 N–H and O–H groups in total. The third kappa shape index (κ3) is 3.05. The molecule has 0 spiro atoms. The summed E-state index contributed by atoms with van der Waals surface area (Å²) in [5.41, 5.74) is -0.767. The van der Waals surface area contributed by atoms with Crippen LogP contribution in [-0.4, -0.2) is 28.2 Å². The Morgan fingerprint density at radius 3 is 1.67 bits per heavy atom. The number of esters is 1. The van der Waals surface area contributed by atoms with Crippen LogP contribution in [-0.2, 0) is 14.0 Å². The first-order valence-electron chi connectivity index (χ1n) is 5.55. The molecule has 0 atom stereocenters. The van der Waals surface area contributed by atoms with Gasteiger partial charge in [-0.3, -0.25) is 0 Å². The lowest BCUT2D eigenvalue weighted by atomic mass is 9.80. The smallest absolute Gasteiger partial charge is 0.338 e. The lowest BCUT2D eigenvalue weighted by Crippen LogP contribution is -2.52. The van der Waals surface area contributed by atoms with Crippen LogP contribution in [0.2, 0.25) is 0 Å². The van der Waals surface area contributed by atoms with Crippen molar-refractivity contribution in [1.82, 2.24) is 0 Å². The van der Waals surface area contributed by atoms with Gasteiger partial charge in [0.15, 0.2) is 5.60 Å². The minimum atomic E-state index is -0.767. The first kappa shape index (κ1) is 14.6. The third-order valence-electron chi connectivity index (χ3n) is 2.71. The molecule has 0 rings (SSSR count). The molecule has 3 nitrogen and oxygen atoms in total. The molecule has 0 saturated carbocycles. The minimum Gasteiger partial charge on any atom is -0.461 e. The average Bonchev–Trinajstić information content (AvgIpc) is 2.02. The summed E-state index contributed by atoms with van der Waals surface area (Å²) in [6, 6.07) is 0. The maximum Gasteiger partial charge on any atom is 0.338 e. The maximum atomic E-state index is 12.1. The Bertz CT molecular complexity index is 204. The molecule has 0 fully saturated rings. The van der Waals surface area contributed by atoms with Crippen molar-refractivity contribution in [3.63, 3.8) is 0 Å². The highest BCUT2D eigenvalue weighted by Crippen LogP contribution is 2.31. The molecule has 0 aliphatic carbocycles. The Morgan fingerprint density at radius 2 is 1.47 bits per heavy atom. The van der Waals surface area contributed by atoms with Crippen LogP contribution < -0.4 is 0 Å². The van der Waals surface area contributed by atoms with E-state index >= 15 is 0 Å². The van der Waals surface area contributed by atoms with Crippen LogP contribution in [0.1, 0.15) is 41.5 Å². The molecule has 15 heavy (non-hydrogen) atoms. The first-order chi connectivity index (χ1) is 6.78. The molecular formula is C11H24O3Si. The summed E-state index contributed by atoms with van der Waals surface area (Å²) >= 11 is 0. The van der Waals surface area contributed by atoms with Crippen LogP contribution in [0, 0.1) is 11.8 Å². The summed E-state index contributed by atoms with van der Waals surface area (Å²) in [6.45, 7) is 11.7. The molecule has 0 aromatic carbocycles. The van der Waals surface area contributed by atoms with E-state index in [2.05, 4.69) is 0 Å². The van der Waals surface area contributed by atoms with Gasteiger partial charge >= 0.3 is 5.97 Å². The average molecular weight is 232 g/mol. The summed E-state index contributed by atoms with van der Waals surface area (Å²) in [5, 5.41) is 0. The van der Waals surface area contributed by atoms with Gasteiger partial charge in [0.1, 0.15) is 10.5 Å². The van der Waals surface area contributed by atoms with E-state index in [1.165, 1.54) is 0 Å². The van der Waals surface area contributed by atoms with Crippen LogP contribution in [0.5, 0.6) is 0 Å². The van der Waals surface area contributed by atoms with Gasteiger partial charge in [0, 0.05) is 0 Å². The molecule has 0 heterocycles. The highest BCUT2D eigenvalue weighted by Gasteiger charge is 2.46. The fraction of sp³-hybridized carbons (Fsp3) is 0.909. The van der Waals surface area contributed by atoms with Crippen molar-refractivity contribution < 1.29 is 14.0 Å². The van der Waals surface area contributed by atoms with Gasteiger partial charge in [0.05, 0.1) is 6.10 Å². The predicted molar refractivity (Wildman–Crippen MR) is 64.7 cm³/mol. The molecule has 0 aliphatic heterocycles. The van der Waals surface area contributed by atoms with Gasteiger partial charge < -0.3 is 9.16 Å². The van der Waals surface area contributed by atoms with Gasteiger partial charge in [0.2, 0.25) is 0 Å². The van der Waals surface area contributed by atoms with E-state index in [9.17, 15) is 4.79 Å². The molecule has 0 amide bonds. The number of hydrogen-bond acceptors (Lipinski definition) is 3. The lowest BCUT2D eigenvalue weighted by molar-refractivity contribution is -0.175. The normalized spacial score (nSPS) is 12.9. The van der Waals surface area contributed by atoms with Crippen molar-refractivity contribution in [1.29, 1.82) is 0 Å². The second-order valence-corrected chi connectivity index (χ2v) is 5.17. The second-order valence-electron chi connectivity index (χ2n) is 4.76. The van der Waals surface area contributed by atoms with Gasteiger partial charge in [-0.2, -0.15) is 0 Å². The highest BCUT2D eigenvalue weighted by molar-refractivity contribution is 6.00. The van der Waals surface area contributed by atoms with Gasteiger partial charge in [-0.15, -0.1) is 0 Å². The van der Waals surface area contributed by atoms with Crippen molar-refractivity contribution in [3.05, 3.63) is 0 Å². The van der Waals surface area contributed by atoms with E-state index in [-0.39, 0.29) is 23.9 Å². The summed E-state index contributed by atoms with van der Waals surface area (Å²) in [5.74, 6) is 0.0278. The fourth-order valence-corrected chi connectivity index (χ4v) is 3.11. The Labute approximate surface area is 96.1 Å². The van der Waals surface area contributed by atoms with Crippen LogP contribution >= 0.6 is 0 Å². The van der Waals surface area contributed by atoms with Gasteiger partial charge in [-0.25, -0.2) is 4.79 Å². The Kier molecular flexibility index (Phi) is 5.52. The Hall–Kier alpha value is -0.353. The SMILES string of the molecule is CC(C)OC(=O)C(O[SiH3])(C(C)C)C(C)C. The number of carbonyl (C=O) groups is 1. The molecule has 0 bridgehead atoms. The summed E-state index contributed by atoms with van der Waals surface area (Å²) < 4.78 is 10.9. The Morgan fingerprint density at radius 1 is 1.07 bits per heavy atom. The topological polar surface area (TPSA) is 35.5 Å². The summed E-state index contributed by atoms with van der Waals surface area (Å²) in [6.07, 6.45) is -0.0915. The van der Waals surface area contributed by atoms with Crippen molar-refractivity contribution in [2.75, 3.05) is 0 Å². The maximum absolute atomic E-state index is 12.1. The van der Waals surface area contributed by atoms with E-state index in [1.807, 2.05) is 41.5 Å². The van der Waals surface area contributed by atoms with Crippen molar-refractivity contribution >= 4 is 16.5 Å². The number of hydrogen-bond donors (Lipinski definition) is 0. The third-order valence-corrected chi connectivity index (χ3v) is 3.39. The summed E-state index contributed by atoms with van der Waals surface area (Å²) in [7, 11) is 0.539. The van der Waals surface area contributed by atoms with E-state index in [0.29, 0.717) is 10.5 Å². The Balaban J connectivity index is 4.99. The van der Waals surface area contributed by atoms with E-state index in [0.717, 1.165) is 0 Å². The minimum absolute atomic E-state index is 0.0915. The first-order valence-corrected chi connectivity index (χ1v) is 6.36. The zero-order chi connectivity index (χ0) is 12.2. The molecule has 0 aromatic heterocycles. The molecule has 0 radical (unpaired) electrons. The molecule has 0 aliphatic rings. The van der Waals surface area contributed by atoms with E-state index in [4.69, 9.17) is 9.16 Å². The zero-order valence-electron chi connectivity index (χ0n) is 11.0. The zero-order valence-corrected chi connectivity index (χ0v) is 13.0.